The van der Waals surface area contributed by atoms with E-state index in [9.17, 15) is 9.59 Å². The van der Waals surface area contributed by atoms with E-state index in [1.54, 1.807) is 0 Å². The maximum Gasteiger partial charge on any atom is 0.303 e. The van der Waals surface area contributed by atoms with Gasteiger partial charge in [-0.15, -0.1) is 0 Å². The molecule has 0 aromatic heterocycles. The summed E-state index contributed by atoms with van der Waals surface area (Å²) in [6, 6.07) is 0. The van der Waals surface area contributed by atoms with E-state index in [0.29, 0.717) is 18.3 Å². The second kappa shape index (κ2) is 3.59. The number of carboxylic acids is 1. The highest BCUT2D eigenvalue weighted by atomic mass is 16.5. The third-order valence-corrected chi connectivity index (χ3v) is 3.63. The Labute approximate surface area is 82.2 Å². The first-order valence-electron chi connectivity index (χ1n) is 5.03. The zero-order valence-corrected chi connectivity index (χ0v) is 7.89. The fourth-order valence-corrected chi connectivity index (χ4v) is 3.12. The lowest BCUT2D eigenvalue weighted by molar-refractivity contribution is -0.146. The Morgan fingerprint density at radius 1 is 1.43 bits per heavy atom. The molecule has 0 amide bonds. The van der Waals surface area contributed by atoms with Gasteiger partial charge in [0.25, 0.3) is 6.47 Å². The number of fused-ring (bicyclic) bond motifs is 2. The summed E-state index contributed by atoms with van der Waals surface area (Å²) in [7, 11) is 0. The van der Waals surface area contributed by atoms with E-state index in [-0.39, 0.29) is 18.4 Å². The van der Waals surface area contributed by atoms with Crippen LogP contribution < -0.4 is 0 Å². The SMILES string of the molecule is O=CO[C@H]1[C@@H]2CC[C@@H](C2)[C@H]1CC(=O)O. The van der Waals surface area contributed by atoms with Crippen LogP contribution in [-0.4, -0.2) is 23.7 Å². The molecule has 0 aromatic rings. The molecule has 2 saturated carbocycles. The molecule has 2 aliphatic carbocycles. The molecule has 0 aliphatic heterocycles. The first-order chi connectivity index (χ1) is 6.72. The molecule has 2 rings (SSSR count). The Kier molecular flexibility index (Phi) is 2.44. The van der Waals surface area contributed by atoms with Crippen molar-refractivity contribution in [1.82, 2.24) is 0 Å². The number of carboxylic acid groups (broad SMARTS) is 1. The molecule has 2 fully saturated rings. The first-order valence-corrected chi connectivity index (χ1v) is 5.03. The van der Waals surface area contributed by atoms with Gasteiger partial charge in [-0.3, -0.25) is 9.59 Å². The van der Waals surface area contributed by atoms with Crippen LogP contribution in [0.4, 0.5) is 0 Å². The number of hydrogen-bond donors (Lipinski definition) is 1. The lowest BCUT2D eigenvalue weighted by atomic mass is 9.84. The number of rotatable bonds is 4. The molecule has 0 spiro atoms. The molecule has 4 heteroatoms. The molecule has 0 radical (unpaired) electrons. The summed E-state index contributed by atoms with van der Waals surface area (Å²) < 4.78 is 5.01. The Morgan fingerprint density at radius 3 is 2.79 bits per heavy atom. The predicted molar refractivity (Wildman–Crippen MR) is 47.5 cm³/mol. The van der Waals surface area contributed by atoms with E-state index in [0.717, 1.165) is 19.3 Å². The van der Waals surface area contributed by atoms with Crippen LogP contribution >= 0.6 is 0 Å². The van der Waals surface area contributed by atoms with E-state index < -0.39 is 5.97 Å². The van der Waals surface area contributed by atoms with E-state index in [4.69, 9.17) is 9.84 Å². The maximum atomic E-state index is 10.6. The van der Waals surface area contributed by atoms with Gasteiger partial charge in [-0.25, -0.2) is 0 Å². The lowest BCUT2D eigenvalue weighted by Gasteiger charge is -2.28. The fraction of sp³-hybridized carbons (Fsp3) is 0.800. The number of carbonyl (C=O) groups excluding carboxylic acids is 1. The Hall–Kier alpha value is -1.06. The molecule has 4 nitrogen and oxygen atoms in total. The zero-order chi connectivity index (χ0) is 10.1. The predicted octanol–water partition coefficient (Wildman–Crippen LogP) is 1.05. The van der Waals surface area contributed by atoms with Crippen LogP contribution in [0.5, 0.6) is 0 Å². The minimum atomic E-state index is -0.790. The molecule has 1 N–H and O–H groups in total. The Balaban J connectivity index is 2.05. The van der Waals surface area contributed by atoms with Gasteiger partial charge in [-0.05, 0) is 31.1 Å². The number of ether oxygens (including phenoxy) is 1. The summed E-state index contributed by atoms with van der Waals surface area (Å²) in [5.74, 6) is 0.133. The van der Waals surface area contributed by atoms with Crippen molar-refractivity contribution in [2.45, 2.75) is 31.8 Å². The summed E-state index contributed by atoms with van der Waals surface area (Å²) in [6.45, 7) is 0.459. The third-order valence-electron chi connectivity index (χ3n) is 3.63. The maximum absolute atomic E-state index is 10.6. The topological polar surface area (TPSA) is 63.6 Å². The van der Waals surface area contributed by atoms with Crippen LogP contribution in [-0.2, 0) is 14.3 Å². The number of carbonyl (C=O) groups is 2. The summed E-state index contributed by atoms with van der Waals surface area (Å²) >= 11 is 0. The molecule has 78 valence electrons. The zero-order valence-electron chi connectivity index (χ0n) is 7.89. The highest BCUT2D eigenvalue weighted by Crippen LogP contribution is 2.50. The van der Waals surface area contributed by atoms with Crippen molar-refractivity contribution in [2.24, 2.45) is 17.8 Å². The average Bonchev–Trinajstić information content (AvgIpc) is 2.68. The second-order valence-electron chi connectivity index (χ2n) is 4.29. The Bertz CT molecular complexity index is 251. The van der Waals surface area contributed by atoms with Crippen molar-refractivity contribution >= 4 is 12.4 Å². The van der Waals surface area contributed by atoms with Gasteiger partial charge in [0.1, 0.15) is 6.10 Å². The van der Waals surface area contributed by atoms with Crippen molar-refractivity contribution in [3.8, 4) is 0 Å². The third kappa shape index (κ3) is 1.49. The smallest absolute Gasteiger partial charge is 0.303 e. The van der Waals surface area contributed by atoms with Crippen LogP contribution in [0.1, 0.15) is 25.7 Å². The number of hydrogen-bond acceptors (Lipinski definition) is 3. The molecule has 0 saturated heterocycles. The van der Waals surface area contributed by atoms with Crippen molar-refractivity contribution < 1.29 is 19.4 Å². The molecular formula is C10H14O4. The van der Waals surface area contributed by atoms with E-state index in [1.165, 1.54) is 0 Å². The summed E-state index contributed by atoms with van der Waals surface area (Å²) in [5, 5.41) is 8.74. The molecule has 4 atom stereocenters. The summed E-state index contributed by atoms with van der Waals surface area (Å²) in [4.78, 5) is 20.9. The quantitative estimate of drug-likeness (QED) is 0.686. The Morgan fingerprint density at radius 2 is 2.14 bits per heavy atom. The van der Waals surface area contributed by atoms with Gasteiger partial charge in [-0.2, -0.15) is 0 Å². The normalized spacial score (nSPS) is 39.7. The first kappa shape index (κ1) is 9.49. The van der Waals surface area contributed by atoms with E-state index in [2.05, 4.69) is 0 Å². The molecule has 0 heterocycles. The molecular weight excluding hydrogens is 184 g/mol. The van der Waals surface area contributed by atoms with Gasteiger partial charge >= 0.3 is 5.97 Å². The van der Waals surface area contributed by atoms with Gasteiger partial charge in [0, 0.05) is 5.92 Å². The van der Waals surface area contributed by atoms with Crippen LogP contribution in [0, 0.1) is 17.8 Å². The van der Waals surface area contributed by atoms with Gasteiger partial charge in [0.05, 0.1) is 6.42 Å². The number of aliphatic carboxylic acids is 1. The fourth-order valence-electron chi connectivity index (χ4n) is 3.12. The summed E-state index contributed by atoms with van der Waals surface area (Å²) in [5.41, 5.74) is 0. The summed E-state index contributed by atoms with van der Waals surface area (Å²) in [6.07, 6.45) is 3.22. The molecule has 2 bridgehead atoms. The van der Waals surface area contributed by atoms with Crippen molar-refractivity contribution in [2.75, 3.05) is 0 Å². The van der Waals surface area contributed by atoms with Crippen molar-refractivity contribution in [1.29, 1.82) is 0 Å². The largest absolute Gasteiger partial charge is 0.481 e. The van der Waals surface area contributed by atoms with Crippen molar-refractivity contribution in [3.05, 3.63) is 0 Å². The van der Waals surface area contributed by atoms with Crippen LogP contribution in [0.25, 0.3) is 0 Å². The van der Waals surface area contributed by atoms with E-state index in [1.807, 2.05) is 0 Å². The lowest BCUT2D eigenvalue weighted by Crippen LogP contribution is -2.31. The van der Waals surface area contributed by atoms with Crippen LogP contribution in [0.2, 0.25) is 0 Å². The highest BCUT2D eigenvalue weighted by Gasteiger charge is 2.49. The van der Waals surface area contributed by atoms with Crippen LogP contribution in [0.15, 0.2) is 0 Å². The van der Waals surface area contributed by atoms with Crippen LogP contribution in [0.3, 0.4) is 0 Å². The van der Waals surface area contributed by atoms with Gasteiger partial charge in [0.15, 0.2) is 0 Å². The van der Waals surface area contributed by atoms with Gasteiger partial charge < -0.3 is 9.84 Å². The van der Waals surface area contributed by atoms with Crippen molar-refractivity contribution in [3.63, 3.8) is 0 Å². The molecule has 0 aromatic carbocycles. The minimum Gasteiger partial charge on any atom is -0.481 e. The standard InChI is InChI=1S/C10H14O4/c11-5-14-10-7-2-1-6(3-7)8(10)4-9(12)13/h5-8,10H,1-4H2,(H,12,13)/t6-,7+,8+,10-/m0/s1. The monoisotopic (exact) mass is 198 g/mol. The highest BCUT2D eigenvalue weighted by molar-refractivity contribution is 5.67. The average molecular weight is 198 g/mol. The molecule has 0 unspecified atom stereocenters. The molecule has 2 aliphatic rings. The van der Waals surface area contributed by atoms with Gasteiger partial charge in [-0.1, -0.05) is 0 Å². The second-order valence-corrected chi connectivity index (χ2v) is 4.29. The minimum absolute atomic E-state index is 0.0523. The van der Waals surface area contributed by atoms with E-state index >= 15 is 0 Å². The van der Waals surface area contributed by atoms with Gasteiger partial charge in [0.2, 0.25) is 0 Å². The molecule has 14 heavy (non-hydrogen) atoms.